The number of nitrogens with zero attached hydrogens (tertiary/aromatic N) is 1. The third-order valence-corrected chi connectivity index (χ3v) is 6.31. The van der Waals surface area contributed by atoms with E-state index in [4.69, 9.17) is 0 Å². The molecule has 1 aliphatic carbocycles. The lowest BCUT2D eigenvalue weighted by molar-refractivity contribution is 0.000201. The summed E-state index contributed by atoms with van der Waals surface area (Å²) in [6.45, 7) is 9.88. The van der Waals surface area contributed by atoms with E-state index in [0.29, 0.717) is 11.0 Å². The summed E-state index contributed by atoms with van der Waals surface area (Å²) in [7, 11) is 0. The third kappa shape index (κ3) is 3.11. The van der Waals surface area contributed by atoms with Crippen molar-refractivity contribution < 1.29 is 0 Å². The van der Waals surface area contributed by atoms with Crippen molar-refractivity contribution in [2.24, 2.45) is 11.3 Å². The molecule has 1 saturated carbocycles. The Hall–Kier alpha value is -0.820. The minimum Gasteiger partial charge on any atom is -0.294 e. The first-order chi connectivity index (χ1) is 10.5. The van der Waals surface area contributed by atoms with Crippen molar-refractivity contribution in [1.29, 1.82) is 0 Å². The molecule has 2 aliphatic rings. The van der Waals surface area contributed by atoms with E-state index in [-0.39, 0.29) is 0 Å². The van der Waals surface area contributed by atoms with Crippen molar-refractivity contribution in [1.82, 2.24) is 4.90 Å². The van der Waals surface area contributed by atoms with Gasteiger partial charge >= 0.3 is 0 Å². The summed E-state index contributed by atoms with van der Waals surface area (Å²) >= 11 is 0. The Bertz CT molecular complexity index is 456. The zero-order valence-corrected chi connectivity index (χ0v) is 14.8. The van der Waals surface area contributed by atoms with E-state index in [0.717, 1.165) is 5.92 Å². The number of piperidine rings is 1. The largest absolute Gasteiger partial charge is 0.294 e. The Morgan fingerprint density at radius 1 is 0.909 bits per heavy atom. The van der Waals surface area contributed by atoms with E-state index in [1.807, 2.05) is 0 Å². The molecule has 0 N–H and O–H groups in total. The number of likely N-dealkylation sites (tertiary alicyclic amines) is 1. The van der Waals surface area contributed by atoms with Crippen LogP contribution in [0.3, 0.4) is 0 Å². The molecule has 22 heavy (non-hydrogen) atoms. The molecule has 2 fully saturated rings. The molecule has 1 aromatic carbocycles. The lowest BCUT2D eigenvalue weighted by Crippen LogP contribution is -2.51. The first-order valence-electron chi connectivity index (χ1n) is 9.33. The average molecular weight is 300 g/mol. The summed E-state index contributed by atoms with van der Waals surface area (Å²) in [6, 6.07) is 11.4. The van der Waals surface area contributed by atoms with Gasteiger partial charge in [0.1, 0.15) is 0 Å². The number of benzene rings is 1. The zero-order valence-electron chi connectivity index (χ0n) is 14.8. The highest BCUT2D eigenvalue weighted by atomic mass is 15.2. The lowest BCUT2D eigenvalue weighted by atomic mass is 9.64. The van der Waals surface area contributed by atoms with Gasteiger partial charge in [0.15, 0.2) is 0 Å². The van der Waals surface area contributed by atoms with E-state index in [1.54, 1.807) is 5.56 Å². The molecule has 0 bridgehead atoms. The molecule has 3 rings (SSSR count). The molecule has 1 aromatic rings. The van der Waals surface area contributed by atoms with Gasteiger partial charge in [-0.2, -0.15) is 0 Å². The van der Waals surface area contributed by atoms with Gasteiger partial charge in [-0.1, -0.05) is 57.5 Å². The van der Waals surface area contributed by atoms with E-state index in [9.17, 15) is 0 Å². The lowest BCUT2D eigenvalue weighted by Gasteiger charge is -2.51. The molecule has 1 heteroatoms. The smallest absolute Gasteiger partial charge is 0.0460 e. The Kier molecular flexibility index (Phi) is 4.64. The Morgan fingerprint density at radius 3 is 2.05 bits per heavy atom. The molecule has 1 heterocycles. The highest BCUT2D eigenvalue weighted by Crippen LogP contribution is 2.49. The second-order valence-electron chi connectivity index (χ2n) is 8.59. The maximum absolute atomic E-state index is 2.84. The SMILES string of the molecule is CC(C)(C)C1CCC(c2ccccc2)(N2CCCCC2)CC1. The highest BCUT2D eigenvalue weighted by molar-refractivity contribution is 5.26. The van der Waals surface area contributed by atoms with Gasteiger partial charge in [-0.25, -0.2) is 0 Å². The van der Waals surface area contributed by atoms with Crippen LogP contribution in [0.4, 0.5) is 0 Å². The summed E-state index contributed by atoms with van der Waals surface area (Å²) in [6.07, 6.45) is 9.66. The molecule has 1 aliphatic heterocycles. The molecule has 1 nitrogen and oxygen atoms in total. The van der Waals surface area contributed by atoms with E-state index < -0.39 is 0 Å². The fraction of sp³-hybridized carbons (Fsp3) is 0.714. The summed E-state index contributed by atoms with van der Waals surface area (Å²) in [5.41, 5.74) is 2.36. The summed E-state index contributed by atoms with van der Waals surface area (Å²) in [4.78, 5) is 2.84. The van der Waals surface area contributed by atoms with Gasteiger partial charge in [0, 0.05) is 5.54 Å². The minimum atomic E-state index is 0.323. The van der Waals surface area contributed by atoms with Crippen molar-refractivity contribution in [3.05, 3.63) is 35.9 Å². The van der Waals surface area contributed by atoms with Crippen LogP contribution in [0.1, 0.15) is 71.3 Å². The summed E-state index contributed by atoms with van der Waals surface area (Å²) in [5, 5.41) is 0. The fourth-order valence-electron chi connectivity index (χ4n) is 4.82. The Morgan fingerprint density at radius 2 is 1.50 bits per heavy atom. The zero-order chi connectivity index (χ0) is 15.6. The van der Waals surface area contributed by atoms with Crippen LogP contribution in [-0.4, -0.2) is 18.0 Å². The molecule has 0 atom stereocenters. The van der Waals surface area contributed by atoms with Crippen molar-refractivity contribution in [2.45, 2.75) is 71.3 Å². The predicted octanol–water partition coefficient (Wildman–Crippen LogP) is 5.60. The summed E-state index contributed by atoms with van der Waals surface area (Å²) < 4.78 is 0. The summed E-state index contributed by atoms with van der Waals surface area (Å²) in [5.74, 6) is 0.883. The topological polar surface area (TPSA) is 3.24 Å². The number of hydrogen-bond acceptors (Lipinski definition) is 1. The maximum Gasteiger partial charge on any atom is 0.0460 e. The van der Waals surface area contributed by atoms with E-state index in [1.165, 1.54) is 58.0 Å². The van der Waals surface area contributed by atoms with Crippen molar-refractivity contribution in [2.75, 3.05) is 13.1 Å². The molecular weight excluding hydrogens is 266 g/mol. The van der Waals surface area contributed by atoms with Crippen LogP contribution in [0.15, 0.2) is 30.3 Å². The predicted molar refractivity (Wildman–Crippen MR) is 95.0 cm³/mol. The van der Waals surface area contributed by atoms with Gasteiger partial charge < -0.3 is 0 Å². The molecule has 0 unspecified atom stereocenters. The van der Waals surface area contributed by atoms with Crippen molar-refractivity contribution in [3.8, 4) is 0 Å². The molecule has 0 radical (unpaired) electrons. The van der Waals surface area contributed by atoms with Gasteiger partial charge in [0.25, 0.3) is 0 Å². The second kappa shape index (κ2) is 6.35. The van der Waals surface area contributed by atoms with Crippen LogP contribution in [0.25, 0.3) is 0 Å². The quantitative estimate of drug-likeness (QED) is 0.686. The normalized spacial score (nSPS) is 31.1. The number of rotatable bonds is 2. The van der Waals surface area contributed by atoms with Crippen molar-refractivity contribution in [3.63, 3.8) is 0 Å². The maximum atomic E-state index is 2.84. The van der Waals surface area contributed by atoms with Crippen LogP contribution < -0.4 is 0 Å². The van der Waals surface area contributed by atoms with Gasteiger partial charge in [0.05, 0.1) is 0 Å². The Balaban J connectivity index is 1.86. The molecular formula is C21H33N. The molecule has 0 spiro atoms. The van der Waals surface area contributed by atoms with Crippen LogP contribution in [0.5, 0.6) is 0 Å². The molecule has 1 saturated heterocycles. The Labute approximate surface area is 137 Å². The monoisotopic (exact) mass is 299 g/mol. The number of hydrogen-bond donors (Lipinski definition) is 0. The third-order valence-electron chi connectivity index (χ3n) is 6.31. The van der Waals surface area contributed by atoms with Crippen LogP contribution in [0.2, 0.25) is 0 Å². The molecule has 0 aromatic heterocycles. The van der Waals surface area contributed by atoms with E-state index >= 15 is 0 Å². The fourth-order valence-corrected chi connectivity index (χ4v) is 4.82. The first-order valence-corrected chi connectivity index (χ1v) is 9.33. The molecule has 122 valence electrons. The first kappa shape index (κ1) is 16.1. The standard InChI is InChI=1S/C21H33N/c1-20(2,3)18-12-14-21(15-13-18,19-10-6-4-7-11-19)22-16-8-5-9-17-22/h4,6-7,10-11,18H,5,8-9,12-17H2,1-3H3. The van der Waals surface area contributed by atoms with Gasteiger partial charge in [-0.3, -0.25) is 4.90 Å². The highest BCUT2D eigenvalue weighted by Gasteiger charge is 2.43. The van der Waals surface area contributed by atoms with Crippen LogP contribution in [0, 0.1) is 11.3 Å². The van der Waals surface area contributed by atoms with Gasteiger partial charge in [0.2, 0.25) is 0 Å². The molecule has 0 amide bonds. The minimum absolute atomic E-state index is 0.323. The van der Waals surface area contributed by atoms with Crippen LogP contribution in [-0.2, 0) is 5.54 Å². The van der Waals surface area contributed by atoms with Gasteiger partial charge in [-0.05, 0) is 68.5 Å². The van der Waals surface area contributed by atoms with Crippen LogP contribution >= 0.6 is 0 Å². The van der Waals surface area contributed by atoms with E-state index in [2.05, 4.69) is 56.0 Å². The average Bonchev–Trinajstić information content (AvgIpc) is 2.56. The van der Waals surface area contributed by atoms with Crippen molar-refractivity contribution >= 4 is 0 Å². The second-order valence-corrected chi connectivity index (χ2v) is 8.59. The van der Waals surface area contributed by atoms with Gasteiger partial charge in [-0.15, -0.1) is 0 Å².